The third-order valence-electron chi connectivity index (χ3n) is 3.12. The number of hydrogen-bond donors (Lipinski definition) is 0. The Hall–Kier alpha value is -1.74. The summed E-state index contributed by atoms with van der Waals surface area (Å²) in [4.78, 5) is 1.85. The van der Waals surface area contributed by atoms with Gasteiger partial charge in [-0.05, 0) is 5.53 Å². The van der Waals surface area contributed by atoms with Crippen molar-refractivity contribution in [2.24, 2.45) is 5.11 Å². The Morgan fingerprint density at radius 3 is 1.36 bits per heavy atom. The molecule has 166 valence electrons. The molecule has 18 heteroatoms. The first-order valence-corrected chi connectivity index (χ1v) is 6.36. The molecule has 0 aromatic carbocycles. The van der Waals surface area contributed by atoms with E-state index in [9.17, 15) is 65.9 Å². The first-order chi connectivity index (χ1) is 12.0. The second-order valence-corrected chi connectivity index (χ2v) is 5.24. The van der Waals surface area contributed by atoms with Crippen LogP contribution in [0, 0.1) is 0 Å². The zero-order valence-corrected chi connectivity index (χ0v) is 12.6. The van der Waals surface area contributed by atoms with Gasteiger partial charge in [0.25, 0.3) is 5.92 Å². The molecule has 0 unspecified atom stereocenters. The van der Waals surface area contributed by atoms with Gasteiger partial charge < -0.3 is 0 Å². The van der Waals surface area contributed by atoms with E-state index in [1.165, 1.54) is 0 Å². The minimum Gasteiger partial charge on any atom is -0.207 e. The maximum absolute atomic E-state index is 13.2. The van der Waals surface area contributed by atoms with E-state index in [4.69, 9.17) is 5.53 Å². The lowest BCUT2D eigenvalue weighted by molar-refractivity contribution is -0.441. The van der Waals surface area contributed by atoms with Crippen molar-refractivity contribution < 1.29 is 65.9 Å². The van der Waals surface area contributed by atoms with Gasteiger partial charge in [0.1, 0.15) is 0 Å². The zero-order chi connectivity index (χ0) is 23.0. The molecule has 0 saturated heterocycles. The number of halogens is 15. The van der Waals surface area contributed by atoms with Gasteiger partial charge >= 0.3 is 35.8 Å². The number of rotatable bonds is 9. The van der Waals surface area contributed by atoms with E-state index >= 15 is 0 Å². The van der Waals surface area contributed by atoms with Gasteiger partial charge in [-0.2, -0.15) is 57.1 Å². The highest BCUT2D eigenvalue weighted by Crippen LogP contribution is 2.61. The van der Waals surface area contributed by atoms with E-state index in [1.807, 2.05) is 4.91 Å². The summed E-state index contributed by atoms with van der Waals surface area (Å²) in [5.74, 6) is -43.9. The van der Waals surface area contributed by atoms with Crippen molar-refractivity contribution in [2.45, 2.75) is 54.6 Å². The van der Waals surface area contributed by atoms with Crippen LogP contribution in [-0.2, 0) is 0 Å². The highest BCUT2D eigenvalue weighted by molar-refractivity contribution is 5.10. The van der Waals surface area contributed by atoms with E-state index in [0.29, 0.717) is 0 Å². The summed E-state index contributed by atoms with van der Waals surface area (Å²) in [6.07, 6.45) is -13.2. The first kappa shape index (κ1) is 26.3. The van der Waals surface area contributed by atoms with Crippen LogP contribution in [0.4, 0.5) is 65.9 Å². The average molecular weight is 453 g/mol. The van der Waals surface area contributed by atoms with Gasteiger partial charge in [-0.15, -0.1) is 0 Å². The molecule has 28 heavy (non-hydrogen) atoms. The summed E-state index contributed by atoms with van der Waals surface area (Å²) in [7, 11) is 0. The zero-order valence-electron chi connectivity index (χ0n) is 12.6. The maximum atomic E-state index is 13.2. The minimum absolute atomic E-state index is 1.36. The van der Waals surface area contributed by atoms with Crippen LogP contribution in [0.2, 0.25) is 0 Å². The Bertz CT molecular complexity index is 602. The third kappa shape index (κ3) is 4.30. The van der Waals surface area contributed by atoms with Crippen LogP contribution in [0.5, 0.6) is 0 Å². The van der Waals surface area contributed by atoms with Gasteiger partial charge in [-0.1, -0.05) is 5.11 Å². The van der Waals surface area contributed by atoms with Gasteiger partial charge in [-0.3, -0.25) is 0 Å². The predicted octanol–water partition coefficient (Wildman–Crippen LogP) is 6.45. The van der Waals surface area contributed by atoms with Crippen LogP contribution in [0.3, 0.4) is 0 Å². The fourth-order valence-electron chi connectivity index (χ4n) is 1.58. The molecule has 0 radical (unpaired) electrons. The summed E-state index contributed by atoms with van der Waals surface area (Å²) in [5.41, 5.74) is 7.76. The van der Waals surface area contributed by atoms with E-state index in [-0.39, 0.29) is 0 Å². The van der Waals surface area contributed by atoms with Crippen molar-refractivity contribution in [3.05, 3.63) is 10.4 Å². The van der Waals surface area contributed by atoms with Gasteiger partial charge in [0.2, 0.25) is 0 Å². The van der Waals surface area contributed by atoms with E-state index in [1.54, 1.807) is 0 Å². The van der Waals surface area contributed by atoms with Crippen LogP contribution < -0.4 is 0 Å². The van der Waals surface area contributed by atoms with Crippen molar-refractivity contribution in [3.63, 3.8) is 0 Å². The smallest absolute Gasteiger partial charge is 0.207 e. The minimum atomic E-state index is -8.15. The van der Waals surface area contributed by atoms with Crippen LogP contribution in [-0.4, -0.2) is 48.3 Å². The Labute approximate surface area is 144 Å². The molecule has 0 fully saturated rings. The fraction of sp³-hybridized carbons (Fsp3) is 1.00. The molecule has 0 spiro atoms. The number of hydrogen-bond acceptors (Lipinski definition) is 1. The largest absolute Gasteiger partial charge is 0.460 e. The van der Waals surface area contributed by atoms with Crippen molar-refractivity contribution in [2.75, 3.05) is 6.54 Å². The molecule has 0 rings (SSSR count). The van der Waals surface area contributed by atoms with Gasteiger partial charge in [0.15, 0.2) is 0 Å². The van der Waals surface area contributed by atoms with Crippen LogP contribution in [0.1, 0.15) is 12.8 Å². The summed E-state index contributed by atoms with van der Waals surface area (Å²) in [6, 6.07) is 0. The fourth-order valence-corrected chi connectivity index (χ4v) is 1.58. The summed E-state index contributed by atoms with van der Waals surface area (Å²) in [5, 5.41) is 2.37. The van der Waals surface area contributed by atoms with Gasteiger partial charge in [0.05, 0.1) is 6.42 Å². The number of alkyl halides is 15. The lowest BCUT2D eigenvalue weighted by Gasteiger charge is -2.40. The standard InChI is InChI=1S/C10H6F15N3/c11-4(12,1-2-27-28-26)3-5(13,14)6(15,16)7(17,18)8(19,20)9(21,22)10(23,24)25/h1-3H2. The first-order valence-electron chi connectivity index (χ1n) is 6.36. The lowest BCUT2D eigenvalue weighted by Crippen LogP contribution is -2.70. The normalized spacial score (nSPS) is 15.4. The average Bonchev–Trinajstić information content (AvgIpc) is 2.44. The lowest BCUT2D eigenvalue weighted by atomic mass is 9.91. The molecule has 0 N–H and O–H groups in total. The van der Waals surface area contributed by atoms with Crippen LogP contribution in [0.25, 0.3) is 10.4 Å². The molecular weight excluding hydrogens is 447 g/mol. The molecule has 0 saturated carbocycles. The predicted molar refractivity (Wildman–Crippen MR) is 59.0 cm³/mol. The molecule has 3 nitrogen and oxygen atoms in total. The highest BCUT2D eigenvalue weighted by atomic mass is 19.4. The van der Waals surface area contributed by atoms with Crippen molar-refractivity contribution >= 4 is 0 Å². The summed E-state index contributed by atoms with van der Waals surface area (Å²) >= 11 is 0. The van der Waals surface area contributed by atoms with Crippen molar-refractivity contribution in [1.82, 2.24) is 0 Å². The van der Waals surface area contributed by atoms with E-state index in [2.05, 4.69) is 5.11 Å². The molecule has 0 aliphatic rings. The van der Waals surface area contributed by atoms with E-state index < -0.39 is 61.1 Å². The number of nitrogens with zero attached hydrogens (tertiary/aromatic N) is 3. The Morgan fingerprint density at radius 1 is 0.607 bits per heavy atom. The molecule has 0 aliphatic heterocycles. The molecule has 0 aliphatic carbocycles. The Kier molecular flexibility index (Phi) is 6.81. The molecular formula is C10H6F15N3. The quantitative estimate of drug-likeness (QED) is 0.167. The topological polar surface area (TPSA) is 48.8 Å². The summed E-state index contributed by atoms with van der Waals surface area (Å²) in [6.45, 7) is -1.36. The van der Waals surface area contributed by atoms with Gasteiger partial charge in [-0.25, -0.2) is 8.78 Å². The van der Waals surface area contributed by atoms with Crippen molar-refractivity contribution in [1.29, 1.82) is 0 Å². The maximum Gasteiger partial charge on any atom is 0.460 e. The van der Waals surface area contributed by atoms with Crippen LogP contribution >= 0.6 is 0 Å². The third-order valence-corrected chi connectivity index (χ3v) is 3.12. The highest BCUT2D eigenvalue weighted by Gasteiger charge is 2.90. The molecule has 0 atom stereocenters. The second kappa shape index (κ2) is 7.26. The Morgan fingerprint density at radius 2 is 1.00 bits per heavy atom. The SMILES string of the molecule is [N-]=[N+]=NCCC(F)(F)CC(F)(F)C(F)(F)C(F)(F)C(F)(F)C(F)(F)C(F)(F)F. The molecule has 0 heterocycles. The number of azide groups is 1. The molecule has 0 amide bonds. The monoisotopic (exact) mass is 453 g/mol. The van der Waals surface area contributed by atoms with Crippen LogP contribution in [0.15, 0.2) is 5.11 Å². The Balaban J connectivity index is 6.08. The van der Waals surface area contributed by atoms with E-state index in [0.717, 1.165) is 0 Å². The van der Waals surface area contributed by atoms with Crippen molar-refractivity contribution in [3.8, 4) is 0 Å². The van der Waals surface area contributed by atoms with Gasteiger partial charge in [0, 0.05) is 17.9 Å². The summed E-state index contributed by atoms with van der Waals surface area (Å²) < 4.78 is 192. The molecule has 0 aromatic rings. The molecule has 0 bridgehead atoms. The molecule has 0 aromatic heterocycles. The second-order valence-electron chi connectivity index (χ2n) is 5.24.